The van der Waals surface area contributed by atoms with Gasteiger partial charge < -0.3 is 10.3 Å². The first-order valence-corrected chi connectivity index (χ1v) is 8.56. The molecule has 0 saturated carbocycles. The number of amides is 1. The van der Waals surface area contributed by atoms with Gasteiger partial charge in [-0.05, 0) is 36.6 Å². The van der Waals surface area contributed by atoms with Gasteiger partial charge in [0.2, 0.25) is 11.5 Å². The average Bonchev–Trinajstić information content (AvgIpc) is 2.54. The predicted molar refractivity (Wildman–Crippen MR) is 102 cm³/mol. The summed E-state index contributed by atoms with van der Waals surface area (Å²) in [5, 5.41) is 3.94. The van der Waals surface area contributed by atoms with E-state index in [4.69, 9.17) is 0 Å². The normalized spacial score (nSPS) is 10.8. The molecule has 0 fully saturated rings. The zero-order valence-electron chi connectivity index (χ0n) is 14.6. The number of benzene rings is 2. The molecular weight excluding hydrogens is 312 g/mol. The van der Waals surface area contributed by atoms with Crippen molar-refractivity contribution in [1.29, 1.82) is 0 Å². The Balaban J connectivity index is 1.82. The lowest BCUT2D eigenvalue weighted by Gasteiger charge is -2.09. The molecule has 0 aliphatic carbocycles. The van der Waals surface area contributed by atoms with E-state index in [9.17, 15) is 9.59 Å². The Bertz CT molecular complexity index is 973. The summed E-state index contributed by atoms with van der Waals surface area (Å²) in [6, 6.07) is 15.2. The molecule has 3 rings (SSSR count). The third-order valence-corrected chi connectivity index (χ3v) is 4.18. The number of carbonyl (C=O) groups excluding carboxylic acids is 1. The Morgan fingerprint density at radius 1 is 1.12 bits per heavy atom. The van der Waals surface area contributed by atoms with Gasteiger partial charge in [-0.2, -0.15) is 0 Å². The van der Waals surface area contributed by atoms with Crippen molar-refractivity contribution in [2.75, 3.05) is 5.32 Å². The summed E-state index contributed by atoms with van der Waals surface area (Å²) in [4.78, 5) is 27.0. The van der Waals surface area contributed by atoms with Gasteiger partial charge in [-0.1, -0.05) is 49.2 Å². The highest BCUT2D eigenvalue weighted by Crippen LogP contribution is 2.21. The minimum atomic E-state index is -0.112. The highest BCUT2D eigenvalue weighted by atomic mass is 16.1. The van der Waals surface area contributed by atoms with Gasteiger partial charge in [0.05, 0.1) is 11.9 Å². The smallest absolute Gasteiger partial charge is 0.248 e. The molecule has 4 heteroatoms. The quantitative estimate of drug-likeness (QED) is 0.741. The Morgan fingerprint density at radius 3 is 2.72 bits per heavy atom. The highest BCUT2D eigenvalue weighted by molar-refractivity contribution is 5.95. The fraction of sp³-hybridized carbons (Fsp3) is 0.238. The fourth-order valence-corrected chi connectivity index (χ4v) is 3.10. The molecule has 1 aromatic heterocycles. The number of aromatic amines is 1. The Labute approximate surface area is 146 Å². The van der Waals surface area contributed by atoms with Crippen LogP contribution in [0.25, 0.3) is 10.9 Å². The summed E-state index contributed by atoms with van der Waals surface area (Å²) >= 11 is 0. The Morgan fingerprint density at radius 2 is 1.96 bits per heavy atom. The molecule has 0 radical (unpaired) electrons. The summed E-state index contributed by atoms with van der Waals surface area (Å²) in [6.45, 7) is 4.10. The predicted octanol–water partition coefficient (Wildman–Crippen LogP) is 3.97. The van der Waals surface area contributed by atoms with Crippen LogP contribution in [0.4, 0.5) is 5.69 Å². The molecule has 4 nitrogen and oxygen atoms in total. The number of rotatable bonds is 5. The van der Waals surface area contributed by atoms with Crippen LogP contribution in [0.5, 0.6) is 0 Å². The lowest BCUT2D eigenvalue weighted by Crippen LogP contribution is -2.14. The van der Waals surface area contributed by atoms with Gasteiger partial charge in [0.15, 0.2) is 0 Å². The van der Waals surface area contributed by atoms with Crippen LogP contribution in [-0.4, -0.2) is 10.9 Å². The number of hydrogen-bond donors (Lipinski definition) is 2. The first-order valence-electron chi connectivity index (χ1n) is 8.56. The maximum absolute atomic E-state index is 12.3. The second-order valence-electron chi connectivity index (χ2n) is 6.38. The van der Waals surface area contributed by atoms with Crippen LogP contribution in [0.3, 0.4) is 0 Å². The molecule has 128 valence electrons. The minimum absolute atomic E-state index is 0.0722. The molecule has 0 atom stereocenters. The molecule has 3 aromatic rings. The molecule has 2 aromatic carbocycles. The van der Waals surface area contributed by atoms with E-state index in [-0.39, 0.29) is 11.5 Å². The van der Waals surface area contributed by atoms with Gasteiger partial charge in [0.25, 0.3) is 0 Å². The van der Waals surface area contributed by atoms with Gasteiger partial charge in [0, 0.05) is 17.1 Å². The monoisotopic (exact) mass is 334 g/mol. The standard InChI is InChI=1S/C21H22N2O2/c1-3-5-16-12-21(25)23-19-13-17(8-9-18(16)19)22-20(24)11-15-7-4-6-14(2)10-15/h4,6-10,12-13H,3,5,11H2,1-2H3,(H,22,24)(H,23,25). The number of anilines is 1. The van der Waals surface area contributed by atoms with Crippen molar-refractivity contribution < 1.29 is 4.79 Å². The largest absolute Gasteiger partial charge is 0.326 e. The Kier molecular flexibility index (Phi) is 4.98. The lowest BCUT2D eigenvalue weighted by atomic mass is 10.0. The van der Waals surface area contributed by atoms with E-state index >= 15 is 0 Å². The van der Waals surface area contributed by atoms with Gasteiger partial charge in [-0.25, -0.2) is 0 Å². The van der Waals surface area contributed by atoms with E-state index in [1.54, 1.807) is 6.07 Å². The van der Waals surface area contributed by atoms with E-state index in [2.05, 4.69) is 17.2 Å². The number of pyridine rings is 1. The number of aryl methyl sites for hydroxylation is 2. The van der Waals surface area contributed by atoms with Crippen molar-refractivity contribution in [3.8, 4) is 0 Å². The maximum Gasteiger partial charge on any atom is 0.248 e. The number of aromatic nitrogens is 1. The Hall–Kier alpha value is -2.88. The van der Waals surface area contributed by atoms with Gasteiger partial charge in [-0.15, -0.1) is 0 Å². The van der Waals surface area contributed by atoms with Crippen molar-refractivity contribution in [1.82, 2.24) is 4.98 Å². The van der Waals surface area contributed by atoms with Crippen LogP contribution < -0.4 is 10.9 Å². The van der Waals surface area contributed by atoms with Crippen molar-refractivity contribution in [2.45, 2.75) is 33.1 Å². The number of carbonyl (C=O) groups is 1. The molecular formula is C21H22N2O2. The molecule has 2 N–H and O–H groups in total. The number of fused-ring (bicyclic) bond motifs is 1. The van der Waals surface area contributed by atoms with E-state index in [1.165, 1.54) is 0 Å². The zero-order chi connectivity index (χ0) is 17.8. The first-order chi connectivity index (χ1) is 12.0. The average molecular weight is 334 g/mol. The second-order valence-corrected chi connectivity index (χ2v) is 6.38. The zero-order valence-corrected chi connectivity index (χ0v) is 14.6. The van der Waals surface area contributed by atoms with E-state index in [1.807, 2.05) is 49.4 Å². The fourth-order valence-electron chi connectivity index (χ4n) is 3.10. The molecule has 0 aliphatic heterocycles. The van der Waals surface area contributed by atoms with E-state index < -0.39 is 0 Å². The summed E-state index contributed by atoms with van der Waals surface area (Å²) in [5.41, 5.74) is 4.49. The molecule has 0 saturated heterocycles. The van der Waals surface area contributed by atoms with Crippen LogP contribution in [0.15, 0.2) is 53.3 Å². The molecule has 1 heterocycles. The lowest BCUT2D eigenvalue weighted by molar-refractivity contribution is -0.115. The molecule has 25 heavy (non-hydrogen) atoms. The van der Waals surface area contributed by atoms with Crippen LogP contribution >= 0.6 is 0 Å². The van der Waals surface area contributed by atoms with Crippen molar-refractivity contribution in [3.63, 3.8) is 0 Å². The number of H-pyrrole nitrogens is 1. The molecule has 0 bridgehead atoms. The van der Waals surface area contributed by atoms with Crippen molar-refractivity contribution >= 4 is 22.5 Å². The van der Waals surface area contributed by atoms with Crippen molar-refractivity contribution in [2.24, 2.45) is 0 Å². The topological polar surface area (TPSA) is 62.0 Å². The third kappa shape index (κ3) is 4.15. The van der Waals surface area contributed by atoms with Crippen LogP contribution in [0.1, 0.15) is 30.0 Å². The minimum Gasteiger partial charge on any atom is -0.326 e. The third-order valence-electron chi connectivity index (χ3n) is 4.18. The van der Waals surface area contributed by atoms with E-state index in [0.29, 0.717) is 12.1 Å². The van der Waals surface area contributed by atoms with Crippen LogP contribution in [0.2, 0.25) is 0 Å². The van der Waals surface area contributed by atoms with Crippen LogP contribution in [0, 0.1) is 6.92 Å². The summed E-state index contributed by atoms with van der Waals surface area (Å²) in [5.74, 6) is -0.0722. The molecule has 1 amide bonds. The first kappa shape index (κ1) is 17.0. The highest BCUT2D eigenvalue weighted by Gasteiger charge is 2.07. The van der Waals surface area contributed by atoms with Gasteiger partial charge in [0.1, 0.15) is 0 Å². The summed E-state index contributed by atoms with van der Waals surface area (Å²) < 4.78 is 0. The molecule has 0 spiro atoms. The SMILES string of the molecule is CCCc1cc(=O)[nH]c2cc(NC(=O)Cc3cccc(C)c3)ccc12. The number of hydrogen-bond acceptors (Lipinski definition) is 2. The summed E-state index contributed by atoms with van der Waals surface area (Å²) in [6.07, 6.45) is 2.17. The maximum atomic E-state index is 12.3. The molecule has 0 unspecified atom stereocenters. The van der Waals surface area contributed by atoms with E-state index in [0.717, 1.165) is 40.4 Å². The molecule has 0 aliphatic rings. The number of nitrogens with one attached hydrogen (secondary N) is 2. The second kappa shape index (κ2) is 7.34. The summed E-state index contributed by atoms with van der Waals surface area (Å²) in [7, 11) is 0. The van der Waals surface area contributed by atoms with Crippen LogP contribution in [-0.2, 0) is 17.6 Å². The van der Waals surface area contributed by atoms with Gasteiger partial charge >= 0.3 is 0 Å². The van der Waals surface area contributed by atoms with Crippen molar-refractivity contribution in [3.05, 3.63) is 75.6 Å². The van der Waals surface area contributed by atoms with Gasteiger partial charge in [-0.3, -0.25) is 9.59 Å².